The Morgan fingerprint density at radius 1 is 1.13 bits per heavy atom. The van der Waals surface area contributed by atoms with E-state index < -0.39 is 0 Å². The topological polar surface area (TPSA) is 73.3 Å². The van der Waals surface area contributed by atoms with Gasteiger partial charge in [-0.05, 0) is 32.0 Å². The molecular formula is C16H19N3O3S. The van der Waals surface area contributed by atoms with E-state index in [0.29, 0.717) is 35.6 Å². The van der Waals surface area contributed by atoms with Gasteiger partial charge in [-0.3, -0.25) is 4.79 Å². The Bertz CT molecular complexity index is 638. The molecule has 1 aromatic carbocycles. The molecule has 6 nitrogen and oxygen atoms in total. The lowest BCUT2D eigenvalue weighted by Crippen LogP contribution is -2.14. The Labute approximate surface area is 139 Å². The summed E-state index contributed by atoms with van der Waals surface area (Å²) in [6, 6.07) is 7.07. The molecular weight excluding hydrogens is 314 g/mol. The number of thioether (sulfide) groups is 1. The lowest BCUT2D eigenvalue weighted by atomic mass is 10.2. The molecule has 0 spiro atoms. The van der Waals surface area contributed by atoms with E-state index >= 15 is 0 Å². The highest BCUT2D eigenvalue weighted by Crippen LogP contribution is 2.30. The monoisotopic (exact) mass is 333 g/mol. The Kier molecular flexibility index (Phi) is 6.68. The van der Waals surface area contributed by atoms with Crippen molar-refractivity contribution in [3.8, 4) is 11.5 Å². The van der Waals surface area contributed by atoms with Gasteiger partial charge in [0.1, 0.15) is 0 Å². The van der Waals surface area contributed by atoms with Gasteiger partial charge in [0, 0.05) is 24.1 Å². The van der Waals surface area contributed by atoms with Crippen LogP contribution in [0.4, 0.5) is 5.69 Å². The first kappa shape index (κ1) is 17.1. The van der Waals surface area contributed by atoms with Gasteiger partial charge in [0.15, 0.2) is 16.7 Å². The lowest BCUT2D eigenvalue weighted by Gasteiger charge is -2.13. The van der Waals surface area contributed by atoms with E-state index in [-0.39, 0.29) is 11.7 Å². The summed E-state index contributed by atoms with van der Waals surface area (Å²) in [4.78, 5) is 20.1. The number of anilines is 1. The molecule has 0 unspecified atom stereocenters. The summed E-state index contributed by atoms with van der Waals surface area (Å²) in [5.41, 5.74) is 0.663. The molecule has 2 aromatic rings. The van der Waals surface area contributed by atoms with Gasteiger partial charge in [-0.1, -0.05) is 11.8 Å². The molecule has 1 heterocycles. The van der Waals surface area contributed by atoms with Crippen LogP contribution in [-0.4, -0.2) is 34.8 Å². The van der Waals surface area contributed by atoms with E-state index in [9.17, 15) is 4.79 Å². The molecule has 7 heteroatoms. The number of amides is 1. The molecule has 1 N–H and O–H groups in total. The van der Waals surface area contributed by atoms with Crippen molar-refractivity contribution in [1.82, 2.24) is 9.97 Å². The van der Waals surface area contributed by atoms with Crippen molar-refractivity contribution in [3.63, 3.8) is 0 Å². The summed E-state index contributed by atoms with van der Waals surface area (Å²) in [5.74, 6) is 1.39. The largest absolute Gasteiger partial charge is 0.490 e. The molecule has 0 radical (unpaired) electrons. The molecule has 0 atom stereocenters. The highest BCUT2D eigenvalue weighted by atomic mass is 32.2. The maximum atomic E-state index is 12.0. The van der Waals surface area contributed by atoms with Crippen LogP contribution in [0.25, 0.3) is 0 Å². The lowest BCUT2D eigenvalue weighted by molar-refractivity contribution is -0.113. The molecule has 0 saturated heterocycles. The van der Waals surface area contributed by atoms with E-state index in [2.05, 4.69) is 15.3 Å². The summed E-state index contributed by atoms with van der Waals surface area (Å²) >= 11 is 1.28. The van der Waals surface area contributed by atoms with Crippen LogP contribution in [0.5, 0.6) is 11.5 Å². The summed E-state index contributed by atoms with van der Waals surface area (Å²) < 4.78 is 11.0. The van der Waals surface area contributed by atoms with Crippen LogP contribution in [0.15, 0.2) is 41.8 Å². The van der Waals surface area contributed by atoms with E-state index in [0.717, 1.165) is 0 Å². The van der Waals surface area contributed by atoms with E-state index in [1.165, 1.54) is 11.8 Å². The number of aromatic nitrogens is 2. The predicted molar refractivity (Wildman–Crippen MR) is 90.2 cm³/mol. The number of carbonyl (C=O) groups excluding carboxylic acids is 1. The Hall–Kier alpha value is -2.28. The molecule has 0 aliphatic rings. The van der Waals surface area contributed by atoms with Crippen LogP contribution in [0.3, 0.4) is 0 Å². The van der Waals surface area contributed by atoms with Gasteiger partial charge in [0.25, 0.3) is 0 Å². The SMILES string of the molecule is CCOc1ccc(NC(=O)CSc2ncccn2)cc1OCC. The quantitative estimate of drug-likeness (QED) is 0.591. The summed E-state index contributed by atoms with van der Waals surface area (Å²) in [6.07, 6.45) is 3.29. The van der Waals surface area contributed by atoms with Crippen molar-refractivity contribution >= 4 is 23.4 Å². The van der Waals surface area contributed by atoms with E-state index in [4.69, 9.17) is 9.47 Å². The number of hydrogen-bond donors (Lipinski definition) is 1. The predicted octanol–water partition coefficient (Wildman–Crippen LogP) is 3.00. The zero-order valence-electron chi connectivity index (χ0n) is 13.1. The van der Waals surface area contributed by atoms with Crippen molar-refractivity contribution in [3.05, 3.63) is 36.7 Å². The third-order valence-corrected chi connectivity index (χ3v) is 3.58. The third kappa shape index (κ3) is 5.45. The number of rotatable bonds is 8. The van der Waals surface area contributed by atoms with Gasteiger partial charge < -0.3 is 14.8 Å². The first-order valence-corrected chi connectivity index (χ1v) is 8.30. The number of hydrogen-bond acceptors (Lipinski definition) is 6. The molecule has 0 aliphatic carbocycles. The van der Waals surface area contributed by atoms with Crippen LogP contribution in [0, 0.1) is 0 Å². The van der Waals surface area contributed by atoms with Gasteiger partial charge in [0.2, 0.25) is 5.91 Å². The molecule has 1 aromatic heterocycles. The molecule has 2 rings (SSSR count). The zero-order valence-corrected chi connectivity index (χ0v) is 13.9. The molecule has 0 fully saturated rings. The Morgan fingerprint density at radius 2 is 1.83 bits per heavy atom. The summed E-state index contributed by atoms with van der Waals surface area (Å²) in [7, 11) is 0. The number of nitrogens with one attached hydrogen (secondary N) is 1. The summed E-state index contributed by atoms with van der Waals surface area (Å²) in [6.45, 7) is 4.89. The van der Waals surface area contributed by atoms with Crippen molar-refractivity contribution < 1.29 is 14.3 Å². The fraction of sp³-hybridized carbons (Fsp3) is 0.312. The van der Waals surface area contributed by atoms with Crippen LogP contribution < -0.4 is 14.8 Å². The smallest absolute Gasteiger partial charge is 0.234 e. The maximum absolute atomic E-state index is 12.0. The molecule has 0 aliphatic heterocycles. The van der Waals surface area contributed by atoms with Gasteiger partial charge in [-0.15, -0.1) is 0 Å². The van der Waals surface area contributed by atoms with Crippen LogP contribution >= 0.6 is 11.8 Å². The second-order valence-electron chi connectivity index (χ2n) is 4.40. The Morgan fingerprint density at radius 3 is 2.52 bits per heavy atom. The van der Waals surface area contributed by atoms with Gasteiger partial charge in [-0.25, -0.2) is 9.97 Å². The van der Waals surface area contributed by atoms with Gasteiger partial charge in [-0.2, -0.15) is 0 Å². The molecule has 0 saturated carbocycles. The first-order chi connectivity index (χ1) is 11.2. The van der Waals surface area contributed by atoms with Crippen LogP contribution in [0.2, 0.25) is 0 Å². The third-order valence-electron chi connectivity index (χ3n) is 2.70. The molecule has 0 bridgehead atoms. The van der Waals surface area contributed by atoms with E-state index in [1.807, 2.05) is 13.8 Å². The number of benzene rings is 1. The number of ether oxygens (including phenoxy) is 2. The van der Waals surface area contributed by atoms with Crippen molar-refractivity contribution in [1.29, 1.82) is 0 Å². The molecule has 1 amide bonds. The minimum absolute atomic E-state index is 0.130. The fourth-order valence-corrected chi connectivity index (χ4v) is 2.42. The van der Waals surface area contributed by atoms with Crippen molar-refractivity contribution in [2.75, 3.05) is 24.3 Å². The van der Waals surface area contributed by atoms with Gasteiger partial charge >= 0.3 is 0 Å². The average molecular weight is 333 g/mol. The second-order valence-corrected chi connectivity index (χ2v) is 5.34. The van der Waals surface area contributed by atoms with E-state index in [1.54, 1.807) is 36.7 Å². The fourth-order valence-electron chi connectivity index (χ4n) is 1.82. The normalized spacial score (nSPS) is 10.2. The second kappa shape index (κ2) is 8.99. The highest BCUT2D eigenvalue weighted by molar-refractivity contribution is 7.99. The van der Waals surface area contributed by atoms with Crippen molar-refractivity contribution in [2.24, 2.45) is 0 Å². The molecule has 23 heavy (non-hydrogen) atoms. The van der Waals surface area contributed by atoms with Crippen LogP contribution in [0.1, 0.15) is 13.8 Å². The summed E-state index contributed by atoms with van der Waals surface area (Å²) in [5, 5.41) is 3.40. The Balaban J connectivity index is 1.96. The standard InChI is InChI=1S/C16H19N3O3S/c1-3-21-13-7-6-12(10-14(13)22-4-2)19-15(20)11-23-16-17-8-5-9-18-16/h5-10H,3-4,11H2,1-2H3,(H,19,20). The average Bonchev–Trinajstić information content (AvgIpc) is 2.57. The molecule has 122 valence electrons. The highest BCUT2D eigenvalue weighted by Gasteiger charge is 2.09. The van der Waals surface area contributed by atoms with Crippen LogP contribution in [-0.2, 0) is 4.79 Å². The first-order valence-electron chi connectivity index (χ1n) is 7.32. The van der Waals surface area contributed by atoms with Gasteiger partial charge in [0.05, 0.1) is 19.0 Å². The zero-order chi connectivity index (χ0) is 16.5. The maximum Gasteiger partial charge on any atom is 0.234 e. The minimum Gasteiger partial charge on any atom is -0.490 e. The minimum atomic E-state index is -0.130. The number of carbonyl (C=O) groups is 1. The number of nitrogens with zero attached hydrogens (tertiary/aromatic N) is 2. The van der Waals surface area contributed by atoms with Crippen molar-refractivity contribution in [2.45, 2.75) is 19.0 Å².